The Morgan fingerprint density at radius 2 is 2.12 bits per heavy atom. The highest BCUT2D eigenvalue weighted by Gasteiger charge is 2.23. The van der Waals surface area contributed by atoms with Crippen LogP contribution in [0.3, 0.4) is 0 Å². The van der Waals surface area contributed by atoms with E-state index < -0.39 is 11.5 Å². The van der Waals surface area contributed by atoms with Gasteiger partial charge in [-0.1, -0.05) is 12.1 Å². The molecule has 0 aliphatic carbocycles. The molecule has 3 rings (SSSR count). The monoisotopic (exact) mass is 336 g/mol. The van der Waals surface area contributed by atoms with Gasteiger partial charge in [-0.05, 0) is 43.5 Å². The summed E-state index contributed by atoms with van der Waals surface area (Å²) in [5.41, 5.74) is 2.90. The number of aromatic nitrogens is 3. The van der Waals surface area contributed by atoms with E-state index >= 15 is 0 Å². The van der Waals surface area contributed by atoms with E-state index in [0.717, 1.165) is 16.7 Å². The van der Waals surface area contributed by atoms with Crippen molar-refractivity contribution in [2.24, 2.45) is 0 Å². The lowest BCUT2D eigenvalue weighted by atomic mass is 10.0. The summed E-state index contributed by atoms with van der Waals surface area (Å²) in [6.07, 6.45) is 1.60. The zero-order valence-corrected chi connectivity index (χ0v) is 14.1. The summed E-state index contributed by atoms with van der Waals surface area (Å²) in [6.45, 7) is 13.1. The average molecular weight is 336 g/mol. The normalized spacial score (nSPS) is 10.6. The summed E-state index contributed by atoms with van der Waals surface area (Å²) in [5.74, 6) is -0.718. The van der Waals surface area contributed by atoms with Gasteiger partial charge in [-0.2, -0.15) is 5.10 Å². The van der Waals surface area contributed by atoms with Crippen LogP contribution in [0.1, 0.15) is 28.5 Å². The molecule has 25 heavy (non-hydrogen) atoms. The number of carbonyl (C=O) groups is 1. The van der Waals surface area contributed by atoms with Gasteiger partial charge < -0.3 is 9.72 Å². The minimum absolute atomic E-state index is 0.0330. The molecule has 1 aromatic carbocycles. The van der Waals surface area contributed by atoms with Crippen LogP contribution < -0.4 is 5.56 Å². The Morgan fingerprint density at radius 1 is 1.36 bits per heavy atom. The second-order valence-electron chi connectivity index (χ2n) is 5.62. The second-order valence-corrected chi connectivity index (χ2v) is 5.62. The first-order valence-corrected chi connectivity index (χ1v) is 7.74. The number of carbonyl (C=O) groups excluding carboxylic acids is 1. The van der Waals surface area contributed by atoms with E-state index in [0.29, 0.717) is 5.69 Å². The van der Waals surface area contributed by atoms with Gasteiger partial charge >= 0.3 is 5.97 Å². The van der Waals surface area contributed by atoms with Gasteiger partial charge in [0.25, 0.3) is 11.2 Å². The number of esters is 1. The quantitative estimate of drug-likeness (QED) is 0.589. The fourth-order valence-corrected chi connectivity index (χ4v) is 2.57. The molecule has 7 nitrogen and oxygen atoms in total. The molecule has 0 unspecified atom stereocenters. The van der Waals surface area contributed by atoms with Gasteiger partial charge in [-0.15, -0.1) is 0 Å². The molecule has 0 radical (unpaired) electrons. The third-order valence-electron chi connectivity index (χ3n) is 4.00. The van der Waals surface area contributed by atoms with E-state index in [1.807, 2.05) is 32.0 Å². The number of rotatable bonds is 3. The van der Waals surface area contributed by atoms with E-state index in [-0.39, 0.29) is 23.5 Å². The largest absolute Gasteiger partial charge is 0.462 e. The first-order valence-electron chi connectivity index (χ1n) is 7.74. The lowest BCUT2D eigenvalue weighted by Crippen LogP contribution is -2.11. The highest BCUT2D eigenvalue weighted by atomic mass is 16.5. The Bertz CT molecular complexity index is 1090. The van der Waals surface area contributed by atoms with Crippen molar-refractivity contribution in [3.05, 3.63) is 63.0 Å². The number of fused-ring (bicyclic) bond motifs is 1. The molecule has 0 fully saturated rings. The first-order chi connectivity index (χ1) is 12.0. The minimum Gasteiger partial charge on any atom is -0.462 e. The van der Waals surface area contributed by atoms with Crippen molar-refractivity contribution in [3.8, 4) is 11.3 Å². The Kier molecular flexibility index (Phi) is 4.11. The summed E-state index contributed by atoms with van der Waals surface area (Å²) >= 11 is 0. The molecule has 7 heteroatoms. The average Bonchev–Trinajstić information content (AvgIpc) is 2.96. The fourth-order valence-electron chi connectivity index (χ4n) is 2.57. The fraction of sp³-hybridized carbons (Fsp3) is 0.222. The summed E-state index contributed by atoms with van der Waals surface area (Å²) in [6, 6.07) is 5.81. The molecular weight excluding hydrogens is 320 g/mol. The molecule has 0 saturated heterocycles. The predicted octanol–water partition coefficient (Wildman–Crippen LogP) is 3.03. The van der Waals surface area contributed by atoms with Gasteiger partial charge in [0.15, 0.2) is 5.69 Å². The number of nitrogens with zero attached hydrogens (tertiary/aromatic N) is 3. The van der Waals surface area contributed by atoms with Crippen LogP contribution in [0.2, 0.25) is 0 Å². The number of nitrogens with one attached hydrogen (secondary N) is 1. The molecular formula is C18H16N4O3. The molecule has 0 spiro atoms. The molecule has 2 aromatic heterocycles. The van der Waals surface area contributed by atoms with Crippen LogP contribution in [0.5, 0.6) is 0 Å². The van der Waals surface area contributed by atoms with Crippen LogP contribution in [-0.2, 0) is 4.74 Å². The predicted molar refractivity (Wildman–Crippen MR) is 92.9 cm³/mol. The van der Waals surface area contributed by atoms with Gasteiger partial charge in [-0.25, -0.2) is 14.2 Å². The molecule has 2 heterocycles. The lowest BCUT2D eigenvalue weighted by Gasteiger charge is -2.06. The second kappa shape index (κ2) is 6.24. The Hall–Kier alpha value is -3.40. The number of hydrogen-bond acceptors (Lipinski definition) is 4. The molecule has 126 valence electrons. The zero-order chi connectivity index (χ0) is 18.1. The van der Waals surface area contributed by atoms with Crippen LogP contribution in [0.15, 0.2) is 29.2 Å². The van der Waals surface area contributed by atoms with Crippen molar-refractivity contribution < 1.29 is 9.53 Å². The highest BCUT2D eigenvalue weighted by molar-refractivity contribution is 5.98. The van der Waals surface area contributed by atoms with E-state index in [1.54, 1.807) is 13.1 Å². The molecule has 0 amide bonds. The molecule has 0 aliphatic heterocycles. The minimum atomic E-state index is -0.718. The number of aromatic amines is 1. The SMILES string of the molecule is [C-]#[N+]c1c(C(=O)OCC)nn2cc(-c3ccc(C)c(C)c3)[nH]c(=O)c12. The summed E-state index contributed by atoms with van der Waals surface area (Å²) in [4.78, 5) is 30.5. The van der Waals surface area contributed by atoms with E-state index in [4.69, 9.17) is 11.3 Å². The molecule has 3 aromatic rings. The summed E-state index contributed by atoms with van der Waals surface area (Å²) in [5, 5.41) is 4.10. The maximum absolute atomic E-state index is 12.5. The van der Waals surface area contributed by atoms with Crippen molar-refractivity contribution >= 4 is 17.2 Å². The van der Waals surface area contributed by atoms with Crippen LogP contribution in [0.4, 0.5) is 5.69 Å². The van der Waals surface area contributed by atoms with Crippen molar-refractivity contribution in [2.75, 3.05) is 6.61 Å². The number of aryl methyl sites for hydroxylation is 2. The third-order valence-corrected chi connectivity index (χ3v) is 4.00. The molecule has 0 atom stereocenters. The Labute approximate surface area is 143 Å². The van der Waals surface area contributed by atoms with Crippen molar-refractivity contribution in [1.29, 1.82) is 0 Å². The molecule has 1 N–H and O–H groups in total. The third kappa shape index (κ3) is 2.78. The smallest absolute Gasteiger partial charge is 0.348 e. The number of H-pyrrole nitrogens is 1. The maximum atomic E-state index is 12.5. The van der Waals surface area contributed by atoms with Crippen LogP contribution in [0.25, 0.3) is 21.6 Å². The lowest BCUT2D eigenvalue weighted by molar-refractivity contribution is 0.0520. The number of benzene rings is 1. The van der Waals surface area contributed by atoms with E-state index in [1.165, 1.54) is 4.52 Å². The first kappa shape index (κ1) is 16.5. The van der Waals surface area contributed by atoms with Gasteiger partial charge in [0, 0.05) is 0 Å². The summed E-state index contributed by atoms with van der Waals surface area (Å²) < 4.78 is 6.18. The van der Waals surface area contributed by atoms with Gasteiger partial charge in [-0.3, -0.25) is 4.79 Å². The van der Waals surface area contributed by atoms with Crippen molar-refractivity contribution in [3.63, 3.8) is 0 Å². The maximum Gasteiger partial charge on any atom is 0.348 e. The Balaban J connectivity index is 2.23. The zero-order valence-electron chi connectivity index (χ0n) is 14.1. The number of ether oxygens (including phenoxy) is 1. The Morgan fingerprint density at radius 3 is 2.76 bits per heavy atom. The standard InChI is InChI=1S/C18H16N4O3/c1-5-25-18(24)15-14(19-4)16-17(23)20-13(9-22(16)21-15)12-7-6-10(2)11(3)8-12/h6-9H,5H2,1-3H3,(H,20,23). The molecule has 0 saturated carbocycles. The van der Waals surface area contributed by atoms with E-state index in [9.17, 15) is 9.59 Å². The van der Waals surface area contributed by atoms with Crippen molar-refractivity contribution in [1.82, 2.24) is 14.6 Å². The van der Waals surface area contributed by atoms with Gasteiger partial charge in [0.05, 0.1) is 25.1 Å². The topological polar surface area (TPSA) is 80.8 Å². The molecule has 0 bridgehead atoms. The van der Waals surface area contributed by atoms with Gasteiger partial charge in [0.1, 0.15) is 5.52 Å². The van der Waals surface area contributed by atoms with E-state index in [2.05, 4.69) is 14.9 Å². The van der Waals surface area contributed by atoms with Crippen LogP contribution in [-0.4, -0.2) is 27.2 Å². The highest BCUT2D eigenvalue weighted by Crippen LogP contribution is 2.26. The van der Waals surface area contributed by atoms with Crippen LogP contribution >= 0.6 is 0 Å². The van der Waals surface area contributed by atoms with Crippen molar-refractivity contribution in [2.45, 2.75) is 20.8 Å². The van der Waals surface area contributed by atoms with Crippen LogP contribution in [0, 0.1) is 20.4 Å². The number of hydrogen-bond donors (Lipinski definition) is 1. The molecule has 0 aliphatic rings. The van der Waals surface area contributed by atoms with Gasteiger partial charge in [0.2, 0.25) is 0 Å². The summed E-state index contributed by atoms with van der Waals surface area (Å²) in [7, 11) is 0.